The van der Waals surface area contributed by atoms with E-state index in [1.165, 1.54) is 0 Å². The second-order valence-corrected chi connectivity index (χ2v) is 8.86. The lowest BCUT2D eigenvalue weighted by atomic mass is 10.1. The zero-order valence-electron chi connectivity index (χ0n) is 21.0. The number of para-hydroxylation sites is 1. The molecule has 0 saturated carbocycles. The molecule has 0 unspecified atom stereocenters. The van der Waals surface area contributed by atoms with Crippen LogP contribution in [0.1, 0.15) is 5.56 Å². The number of hydrogen-bond acceptors (Lipinski definition) is 7. The van der Waals surface area contributed by atoms with Gasteiger partial charge in [-0.2, -0.15) is 0 Å². The molecule has 0 aliphatic heterocycles. The van der Waals surface area contributed by atoms with Gasteiger partial charge in [-0.25, -0.2) is 15.4 Å². The number of ether oxygens (including phenoxy) is 1. The Morgan fingerprint density at radius 2 is 1.62 bits per heavy atom. The molecule has 0 aliphatic carbocycles. The maximum Gasteiger partial charge on any atom is 0.180 e. The quantitative estimate of drug-likeness (QED) is 0.185. The van der Waals surface area contributed by atoms with E-state index in [1.54, 1.807) is 6.20 Å². The Balaban J connectivity index is 1.25. The summed E-state index contributed by atoms with van der Waals surface area (Å²) >= 11 is 0. The van der Waals surface area contributed by atoms with Crippen LogP contribution in [0.5, 0.6) is 11.5 Å². The first-order chi connectivity index (χ1) is 18.2. The first-order valence-electron chi connectivity index (χ1n) is 12.2. The Hall–Kier alpha value is -4.24. The molecule has 0 bridgehead atoms. The van der Waals surface area contributed by atoms with E-state index in [0.29, 0.717) is 12.4 Å². The Kier molecular flexibility index (Phi) is 7.71. The van der Waals surface area contributed by atoms with Crippen molar-refractivity contribution in [2.75, 3.05) is 32.5 Å². The first-order valence-corrected chi connectivity index (χ1v) is 12.2. The van der Waals surface area contributed by atoms with Gasteiger partial charge in [-0.15, -0.1) is 0 Å². The van der Waals surface area contributed by atoms with Crippen molar-refractivity contribution in [1.82, 2.24) is 24.7 Å². The second kappa shape index (κ2) is 11.7. The molecule has 5 rings (SSSR count). The monoisotopic (exact) mass is 494 g/mol. The Morgan fingerprint density at radius 3 is 2.38 bits per heavy atom. The highest BCUT2D eigenvalue weighted by atomic mass is 16.6. The highest BCUT2D eigenvalue weighted by Gasteiger charge is 2.11. The van der Waals surface area contributed by atoms with Crippen LogP contribution in [0.15, 0.2) is 97.5 Å². The number of fused-ring (bicyclic) bond motifs is 1. The molecule has 0 saturated heterocycles. The third-order valence-electron chi connectivity index (χ3n) is 5.78. The van der Waals surface area contributed by atoms with Crippen LogP contribution in [0.3, 0.4) is 0 Å². The molecule has 0 atom stereocenters. The van der Waals surface area contributed by atoms with Crippen LogP contribution in [0.4, 0.5) is 11.5 Å². The molecule has 0 aliphatic rings. The molecule has 2 N–H and O–H groups in total. The van der Waals surface area contributed by atoms with Crippen molar-refractivity contribution in [3.63, 3.8) is 0 Å². The number of hydroxylamine groups is 1. The maximum absolute atomic E-state index is 5.88. The fraction of sp³-hybridized carbons (Fsp3) is 0.172. The van der Waals surface area contributed by atoms with Gasteiger partial charge in [-0.1, -0.05) is 42.5 Å². The van der Waals surface area contributed by atoms with Gasteiger partial charge in [0.25, 0.3) is 0 Å². The number of hydrogen-bond donors (Lipinski definition) is 2. The minimum absolute atomic E-state index is 0.508. The van der Waals surface area contributed by atoms with Gasteiger partial charge in [0.1, 0.15) is 11.5 Å². The van der Waals surface area contributed by atoms with Gasteiger partial charge in [0.15, 0.2) is 11.5 Å². The Labute approximate surface area is 216 Å². The van der Waals surface area contributed by atoms with Crippen molar-refractivity contribution in [2.45, 2.75) is 6.61 Å². The number of rotatable bonds is 11. The number of nitrogens with zero attached hydrogens (tertiary/aromatic N) is 4. The van der Waals surface area contributed by atoms with Crippen molar-refractivity contribution in [3.05, 3.63) is 103 Å². The van der Waals surface area contributed by atoms with Crippen LogP contribution in [0, 0.1) is 0 Å². The lowest BCUT2D eigenvalue weighted by Gasteiger charge is -2.11. The minimum Gasteiger partial charge on any atom is -0.457 e. The van der Waals surface area contributed by atoms with Gasteiger partial charge < -0.3 is 15.0 Å². The fourth-order valence-corrected chi connectivity index (χ4v) is 3.84. The highest BCUT2D eigenvalue weighted by Crippen LogP contribution is 2.27. The zero-order chi connectivity index (χ0) is 25.5. The van der Waals surface area contributed by atoms with Crippen LogP contribution in [-0.4, -0.2) is 46.5 Å². The predicted octanol–water partition coefficient (Wildman–Crippen LogP) is 5.52. The van der Waals surface area contributed by atoms with E-state index in [1.807, 2.05) is 85.5 Å². The van der Waals surface area contributed by atoms with Crippen LogP contribution < -0.4 is 15.5 Å². The van der Waals surface area contributed by atoms with E-state index in [2.05, 4.69) is 49.9 Å². The smallest absolute Gasteiger partial charge is 0.180 e. The van der Waals surface area contributed by atoms with Crippen LogP contribution in [-0.2, 0) is 11.4 Å². The molecule has 8 nitrogen and oxygen atoms in total. The van der Waals surface area contributed by atoms with E-state index >= 15 is 0 Å². The third kappa shape index (κ3) is 6.31. The lowest BCUT2D eigenvalue weighted by molar-refractivity contribution is 0.0252. The van der Waals surface area contributed by atoms with E-state index < -0.39 is 0 Å². The summed E-state index contributed by atoms with van der Waals surface area (Å²) in [6, 6.07) is 25.8. The van der Waals surface area contributed by atoms with Crippen molar-refractivity contribution in [3.8, 4) is 22.8 Å². The Bertz CT molecular complexity index is 1420. The molecule has 2 heterocycles. The van der Waals surface area contributed by atoms with Gasteiger partial charge in [0.05, 0.1) is 18.5 Å². The summed E-state index contributed by atoms with van der Waals surface area (Å²) in [5.41, 5.74) is 7.79. The van der Waals surface area contributed by atoms with E-state index in [0.717, 1.165) is 52.7 Å². The summed E-state index contributed by atoms with van der Waals surface area (Å²) in [4.78, 5) is 16.8. The molecule has 5 aromatic rings. The van der Waals surface area contributed by atoms with Crippen molar-refractivity contribution in [1.29, 1.82) is 0 Å². The number of nitrogens with one attached hydrogen (secondary N) is 2. The summed E-state index contributed by atoms with van der Waals surface area (Å²) in [7, 11) is 4.07. The van der Waals surface area contributed by atoms with E-state index in [9.17, 15) is 0 Å². The average molecular weight is 495 g/mol. The molecule has 0 spiro atoms. The topological polar surface area (TPSA) is 76.0 Å². The van der Waals surface area contributed by atoms with E-state index in [4.69, 9.17) is 9.57 Å². The number of imidazole rings is 1. The van der Waals surface area contributed by atoms with Crippen LogP contribution in [0.25, 0.3) is 16.9 Å². The first kappa shape index (κ1) is 24.5. The number of aromatic nitrogens is 3. The molecule has 188 valence electrons. The third-order valence-corrected chi connectivity index (χ3v) is 5.78. The molecule has 2 aromatic heterocycles. The summed E-state index contributed by atoms with van der Waals surface area (Å²) in [6.07, 6.45) is 5.56. The Morgan fingerprint density at radius 1 is 0.865 bits per heavy atom. The zero-order valence-corrected chi connectivity index (χ0v) is 21.0. The minimum atomic E-state index is 0.508. The molecule has 0 fully saturated rings. The van der Waals surface area contributed by atoms with Gasteiger partial charge in [-0.05, 0) is 56.1 Å². The summed E-state index contributed by atoms with van der Waals surface area (Å²) in [6.45, 7) is 2.21. The number of anilines is 2. The lowest BCUT2D eigenvalue weighted by Crippen LogP contribution is -2.26. The SMILES string of the molecule is CN(C)CCNOCc1ccc(-c2cnc3c(Nc4ccc(Oc5ccccc5)cc4)nccn23)cc1. The van der Waals surface area contributed by atoms with Gasteiger partial charge >= 0.3 is 0 Å². The summed E-state index contributed by atoms with van der Waals surface area (Å²) in [5.74, 6) is 2.25. The van der Waals surface area contributed by atoms with Crippen molar-refractivity contribution < 1.29 is 9.57 Å². The number of likely N-dealkylation sites (N-methyl/N-ethyl adjacent to an activating group) is 1. The standard InChI is InChI=1S/C29H30N6O2/c1-34(2)18-17-32-36-21-22-8-10-23(11-9-22)27-20-31-29-28(30-16-19-35(27)29)33-24-12-14-26(15-13-24)37-25-6-4-3-5-7-25/h3-16,19-20,32H,17-18,21H2,1-2H3,(H,30,33). The molecule has 37 heavy (non-hydrogen) atoms. The summed E-state index contributed by atoms with van der Waals surface area (Å²) in [5, 5.41) is 3.38. The summed E-state index contributed by atoms with van der Waals surface area (Å²) < 4.78 is 7.92. The molecule has 0 radical (unpaired) electrons. The molecular formula is C29H30N6O2. The van der Waals surface area contributed by atoms with Gasteiger partial charge in [0, 0.05) is 36.7 Å². The average Bonchev–Trinajstić information content (AvgIpc) is 3.36. The number of benzene rings is 3. The van der Waals surface area contributed by atoms with Gasteiger partial charge in [0.2, 0.25) is 0 Å². The highest BCUT2D eigenvalue weighted by molar-refractivity contribution is 5.74. The van der Waals surface area contributed by atoms with Crippen LogP contribution in [0.2, 0.25) is 0 Å². The fourth-order valence-electron chi connectivity index (χ4n) is 3.84. The molecule has 3 aromatic carbocycles. The molecule has 8 heteroatoms. The molecular weight excluding hydrogens is 464 g/mol. The largest absolute Gasteiger partial charge is 0.457 e. The normalized spacial score (nSPS) is 11.2. The van der Waals surface area contributed by atoms with Crippen molar-refractivity contribution >= 4 is 17.2 Å². The van der Waals surface area contributed by atoms with Gasteiger partial charge in [-0.3, -0.25) is 9.24 Å². The second-order valence-electron chi connectivity index (χ2n) is 8.86. The predicted molar refractivity (Wildman–Crippen MR) is 146 cm³/mol. The maximum atomic E-state index is 5.88. The van der Waals surface area contributed by atoms with Crippen molar-refractivity contribution in [2.24, 2.45) is 0 Å². The molecule has 0 amide bonds. The van der Waals surface area contributed by atoms with E-state index in [-0.39, 0.29) is 0 Å². The van der Waals surface area contributed by atoms with Crippen LogP contribution >= 0.6 is 0 Å².